The molecule has 1 fully saturated rings. The molecular weight excluding hydrogens is 260 g/mol. The fraction of sp³-hybridized carbons (Fsp3) is 0.786. The molecule has 0 heterocycles. The Hall–Kier alpha value is -1.59. The van der Waals surface area contributed by atoms with Crippen LogP contribution in [0.25, 0.3) is 0 Å². The second-order valence-corrected chi connectivity index (χ2v) is 6.71. The van der Waals surface area contributed by atoms with Gasteiger partial charge in [0, 0.05) is 12.0 Å². The van der Waals surface area contributed by atoms with Crippen LogP contribution in [0.2, 0.25) is 0 Å². The van der Waals surface area contributed by atoms with Crippen molar-refractivity contribution in [2.45, 2.75) is 64.8 Å². The first-order valence-corrected chi connectivity index (χ1v) is 6.96. The van der Waals surface area contributed by atoms with Gasteiger partial charge in [-0.05, 0) is 39.0 Å². The zero-order valence-corrected chi connectivity index (χ0v) is 12.4. The van der Waals surface area contributed by atoms with Crippen molar-refractivity contribution >= 4 is 17.9 Å². The third-order valence-corrected chi connectivity index (χ3v) is 3.47. The topological polar surface area (TPSA) is 95.5 Å². The van der Waals surface area contributed by atoms with Crippen molar-refractivity contribution in [3.8, 4) is 0 Å². The van der Waals surface area contributed by atoms with Crippen LogP contribution in [0, 0.1) is 5.41 Å². The van der Waals surface area contributed by atoms with Crippen LogP contribution in [-0.2, 0) is 9.59 Å². The summed E-state index contributed by atoms with van der Waals surface area (Å²) in [5.41, 5.74) is -0.908. The Kier molecular flexibility index (Phi) is 5.14. The SMILES string of the molecule is CC(C)(C)NC(=O)NC(=O)CC1(CC(=O)O)CCCC1. The maximum Gasteiger partial charge on any atom is 0.321 e. The Morgan fingerprint density at radius 2 is 1.65 bits per heavy atom. The van der Waals surface area contributed by atoms with E-state index in [1.54, 1.807) is 0 Å². The number of carboxylic acid groups (broad SMARTS) is 1. The van der Waals surface area contributed by atoms with Crippen LogP contribution in [0.5, 0.6) is 0 Å². The number of carbonyl (C=O) groups is 3. The van der Waals surface area contributed by atoms with Gasteiger partial charge in [0.25, 0.3) is 0 Å². The molecule has 0 saturated heterocycles. The van der Waals surface area contributed by atoms with E-state index in [0.717, 1.165) is 25.7 Å². The molecule has 6 nitrogen and oxygen atoms in total. The van der Waals surface area contributed by atoms with E-state index in [4.69, 9.17) is 5.11 Å². The maximum absolute atomic E-state index is 11.9. The van der Waals surface area contributed by atoms with Crippen molar-refractivity contribution in [3.05, 3.63) is 0 Å². The highest BCUT2D eigenvalue weighted by molar-refractivity contribution is 5.95. The summed E-state index contributed by atoms with van der Waals surface area (Å²) in [6, 6.07) is -0.536. The second kappa shape index (κ2) is 6.24. The van der Waals surface area contributed by atoms with E-state index in [9.17, 15) is 14.4 Å². The third-order valence-electron chi connectivity index (χ3n) is 3.47. The molecule has 114 valence electrons. The summed E-state index contributed by atoms with van der Waals surface area (Å²) in [7, 11) is 0. The van der Waals surface area contributed by atoms with E-state index in [0.29, 0.717) is 0 Å². The lowest BCUT2D eigenvalue weighted by molar-refractivity contribution is -0.140. The molecule has 6 heteroatoms. The summed E-state index contributed by atoms with van der Waals surface area (Å²) in [5.74, 6) is -1.30. The number of rotatable bonds is 4. The fourth-order valence-electron chi connectivity index (χ4n) is 2.75. The van der Waals surface area contributed by atoms with E-state index in [2.05, 4.69) is 10.6 Å². The molecule has 1 aliphatic rings. The Morgan fingerprint density at radius 1 is 1.10 bits per heavy atom. The molecule has 3 amide bonds. The molecular formula is C14H24N2O4. The van der Waals surface area contributed by atoms with Crippen LogP contribution in [0.1, 0.15) is 59.3 Å². The zero-order valence-electron chi connectivity index (χ0n) is 12.4. The number of imide groups is 1. The average molecular weight is 284 g/mol. The van der Waals surface area contributed by atoms with Gasteiger partial charge in [0.15, 0.2) is 0 Å². The normalized spacial score (nSPS) is 17.6. The number of urea groups is 1. The van der Waals surface area contributed by atoms with Gasteiger partial charge in [-0.3, -0.25) is 14.9 Å². The highest BCUT2D eigenvalue weighted by Gasteiger charge is 2.38. The van der Waals surface area contributed by atoms with Crippen LogP contribution in [0.4, 0.5) is 4.79 Å². The first-order chi connectivity index (χ1) is 9.12. The molecule has 0 aromatic rings. The zero-order chi connectivity index (χ0) is 15.4. The van der Waals surface area contributed by atoms with Crippen molar-refractivity contribution in [1.29, 1.82) is 0 Å². The maximum atomic E-state index is 11.9. The molecule has 0 aromatic carbocycles. The Morgan fingerprint density at radius 3 is 2.10 bits per heavy atom. The van der Waals surface area contributed by atoms with E-state index >= 15 is 0 Å². The number of hydrogen-bond donors (Lipinski definition) is 3. The van der Waals surface area contributed by atoms with Crippen LogP contribution in [0.3, 0.4) is 0 Å². The lowest BCUT2D eigenvalue weighted by Crippen LogP contribution is -2.49. The molecule has 3 N–H and O–H groups in total. The third kappa shape index (κ3) is 5.59. The second-order valence-electron chi connectivity index (χ2n) is 6.71. The molecule has 0 aliphatic heterocycles. The van der Waals surface area contributed by atoms with Crippen molar-refractivity contribution in [1.82, 2.24) is 10.6 Å². The van der Waals surface area contributed by atoms with Crippen molar-refractivity contribution in [2.24, 2.45) is 5.41 Å². The minimum atomic E-state index is -0.890. The van der Waals surface area contributed by atoms with Crippen molar-refractivity contribution in [3.63, 3.8) is 0 Å². The van der Waals surface area contributed by atoms with Crippen LogP contribution in [-0.4, -0.2) is 28.6 Å². The molecule has 0 unspecified atom stereocenters. The highest BCUT2D eigenvalue weighted by Crippen LogP contribution is 2.43. The number of amides is 3. The smallest absolute Gasteiger partial charge is 0.321 e. The predicted octanol–water partition coefficient (Wildman–Crippen LogP) is 2.04. The minimum absolute atomic E-state index is 0.0126. The lowest BCUT2D eigenvalue weighted by Gasteiger charge is -2.26. The molecule has 0 atom stereocenters. The molecule has 0 bridgehead atoms. The van der Waals surface area contributed by atoms with Gasteiger partial charge in [-0.15, -0.1) is 0 Å². The Labute approximate surface area is 119 Å². The van der Waals surface area contributed by atoms with Gasteiger partial charge < -0.3 is 10.4 Å². The molecule has 1 rings (SSSR count). The van der Waals surface area contributed by atoms with Crippen LogP contribution >= 0.6 is 0 Å². The Bertz CT molecular complexity index is 392. The molecule has 20 heavy (non-hydrogen) atoms. The fourth-order valence-corrected chi connectivity index (χ4v) is 2.75. The van der Waals surface area contributed by atoms with E-state index in [1.807, 2.05) is 20.8 Å². The highest BCUT2D eigenvalue weighted by atomic mass is 16.4. The van der Waals surface area contributed by atoms with E-state index in [-0.39, 0.29) is 12.8 Å². The first kappa shape index (κ1) is 16.5. The number of carboxylic acids is 1. The van der Waals surface area contributed by atoms with Gasteiger partial charge in [-0.2, -0.15) is 0 Å². The monoisotopic (exact) mass is 284 g/mol. The number of hydrogen-bond acceptors (Lipinski definition) is 3. The largest absolute Gasteiger partial charge is 0.481 e. The lowest BCUT2D eigenvalue weighted by atomic mass is 9.79. The van der Waals surface area contributed by atoms with Crippen LogP contribution < -0.4 is 10.6 Å². The summed E-state index contributed by atoms with van der Waals surface area (Å²) in [4.78, 5) is 34.5. The van der Waals surface area contributed by atoms with Gasteiger partial charge in [0.05, 0.1) is 6.42 Å². The van der Waals surface area contributed by atoms with Gasteiger partial charge in [-0.1, -0.05) is 12.8 Å². The Balaban J connectivity index is 2.55. The number of carbonyl (C=O) groups excluding carboxylic acids is 2. The van der Waals surface area contributed by atoms with Crippen molar-refractivity contribution < 1.29 is 19.5 Å². The van der Waals surface area contributed by atoms with Gasteiger partial charge >= 0.3 is 12.0 Å². The average Bonchev–Trinajstić information content (AvgIpc) is 2.60. The van der Waals surface area contributed by atoms with Gasteiger partial charge in [-0.25, -0.2) is 4.79 Å². The first-order valence-electron chi connectivity index (χ1n) is 6.96. The van der Waals surface area contributed by atoms with Crippen LogP contribution in [0.15, 0.2) is 0 Å². The molecule has 0 aromatic heterocycles. The van der Waals surface area contributed by atoms with Gasteiger partial charge in [0.1, 0.15) is 0 Å². The molecule has 1 aliphatic carbocycles. The number of nitrogens with one attached hydrogen (secondary N) is 2. The summed E-state index contributed by atoms with van der Waals surface area (Å²) >= 11 is 0. The standard InChI is InChI=1S/C14H24N2O4/c1-13(2,3)16-12(20)15-10(17)8-14(9-11(18)19)6-4-5-7-14/h4-9H2,1-3H3,(H,18,19)(H2,15,16,17,20). The number of aliphatic carboxylic acids is 1. The minimum Gasteiger partial charge on any atom is -0.481 e. The molecule has 0 radical (unpaired) electrons. The molecule has 1 saturated carbocycles. The van der Waals surface area contributed by atoms with E-state index < -0.39 is 28.9 Å². The van der Waals surface area contributed by atoms with Crippen molar-refractivity contribution in [2.75, 3.05) is 0 Å². The summed E-state index contributed by atoms with van der Waals surface area (Å²) in [6.45, 7) is 5.46. The van der Waals surface area contributed by atoms with Gasteiger partial charge in [0.2, 0.25) is 5.91 Å². The summed E-state index contributed by atoms with van der Waals surface area (Å²) in [6.07, 6.45) is 3.42. The quantitative estimate of drug-likeness (QED) is 0.736. The predicted molar refractivity (Wildman–Crippen MR) is 74.2 cm³/mol. The van der Waals surface area contributed by atoms with E-state index in [1.165, 1.54) is 0 Å². The molecule has 0 spiro atoms. The summed E-state index contributed by atoms with van der Waals surface area (Å²) < 4.78 is 0. The summed E-state index contributed by atoms with van der Waals surface area (Å²) in [5, 5.41) is 13.9.